The minimum Gasteiger partial charge on any atom is -0.459 e. The lowest BCUT2D eigenvalue weighted by atomic mass is 9.97. The molecule has 8 heteroatoms. The first-order chi connectivity index (χ1) is 14.0. The lowest BCUT2D eigenvalue weighted by molar-refractivity contribution is -0.384. The van der Waals surface area contributed by atoms with Crippen LogP contribution in [-0.4, -0.2) is 28.8 Å². The van der Waals surface area contributed by atoms with Crippen molar-refractivity contribution in [1.82, 2.24) is 0 Å². The van der Waals surface area contributed by atoms with Gasteiger partial charge in [0, 0.05) is 12.1 Å². The molecule has 1 fully saturated rings. The van der Waals surface area contributed by atoms with Crippen LogP contribution in [-0.2, 0) is 4.74 Å². The molecule has 1 aliphatic carbocycles. The Morgan fingerprint density at radius 2 is 1.72 bits per heavy atom. The van der Waals surface area contributed by atoms with Crippen molar-refractivity contribution >= 4 is 29.2 Å². The van der Waals surface area contributed by atoms with Crippen LogP contribution in [0.3, 0.4) is 0 Å². The second-order valence-corrected chi connectivity index (χ2v) is 7.15. The molecule has 1 heterocycles. The topological polar surface area (TPSA) is 107 Å². The lowest BCUT2D eigenvalue weighted by Gasteiger charge is -2.21. The van der Waals surface area contributed by atoms with Crippen molar-refractivity contribution < 1.29 is 24.0 Å². The summed E-state index contributed by atoms with van der Waals surface area (Å²) in [5, 5.41) is 11.0. The molecule has 0 spiro atoms. The Kier molecular flexibility index (Phi) is 4.84. The van der Waals surface area contributed by atoms with E-state index in [1.165, 1.54) is 42.5 Å². The van der Waals surface area contributed by atoms with Crippen LogP contribution in [0.4, 0.5) is 11.4 Å². The van der Waals surface area contributed by atoms with Gasteiger partial charge in [-0.1, -0.05) is 12.5 Å². The zero-order valence-corrected chi connectivity index (χ0v) is 15.5. The van der Waals surface area contributed by atoms with Crippen molar-refractivity contribution in [3.8, 4) is 0 Å². The second-order valence-electron chi connectivity index (χ2n) is 7.15. The number of nitro benzene ring substituents is 1. The minimum atomic E-state index is -0.627. The molecule has 0 N–H and O–H groups in total. The van der Waals surface area contributed by atoms with Crippen LogP contribution in [0.5, 0.6) is 0 Å². The molecular weight excluding hydrogens is 376 g/mol. The summed E-state index contributed by atoms with van der Waals surface area (Å²) in [6, 6.07) is 9.55. The number of hydrogen-bond acceptors (Lipinski definition) is 6. The summed E-state index contributed by atoms with van der Waals surface area (Å²) in [6.07, 6.45) is 4.71. The van der Waals surface area contributed by atoms with E-state index in [1.54, 1.807) is 0 Å². The number of hydrogen-bond donors (Lipinski definition) is 0. The zero-order valence-electron chi connectivity index (χ0n) is 15.5. The van der Waals surface area contributed by atoms with Gasteiger partial charge in [-0.25, -0.2) is 9.69 Å². The van der Waals surface area contributed by atoms with Crippen LogP contribution in [0, 0.1) is 10.1 Å². The maximum atomic E-state index is 12.8. The molecule has 0 radical (unpaired) electrons. The molecule has 4 rings (SSSR count). The number of nitro groups is 1. The van der Waals surface area contributed by atoms with Crippen molar-refractivity contribution in [3.05, 3.63) is 69.3 Å². The fourth-order valence-corrected chi connectivity index (χ4v) is 3.75. The standard InChI is InChI=1S/C21H18N2O6/c24-19-17-10-9-13(21(26)29-16-7-2-1-3-8-16)11-18(17)20(25)22(19)14-5-4-6-15(12-14)23(27)28/h4-6,9-12,16H,1-3,7-8H2. The highest BCUT2D eigenvalue weighted by Gasteiger charge is 2.38. The van der Waals surface area contributed by atoms with E-state index in [1.807, 2.05) is 0 Å². The van der Waals surface area contributed by atoms with Crippen LogP contribution in [0.1, 0.15) is 63.2 Å². The molecule has 0 atom stereocenters. The number of carbonyl (C=O) groups excluding carboxylic acids is 3. The Bertz CT molecular complexity index is 1030. The Morgan fingerprint density at radius 3 is 2.45 bits per heavy atom. The van der Waals surface area contributed by atoms with E-state index in [0.717, 1.165) is 37.0 Å². The number of carbonyl (C=O) groups is 3. The molecule has 2 aromatic rings. The molecule has 0 saturated heterocycles. The maximum absolute atomic E-state index is 12.8. The number of nitrogens with zero attached hydrogens (tertiary/aromatic N) is 2. The van der Waals surface area contributed by atoms with E-state index >= 15 is 0 Å². The molecule has 1 aliphatic heterocycles. The van der Waals surface area contributed by atoms with E-state index in [4.69, 9.17) is 4.74 Å². The molecule has 29 heavy (non-hydrogen) atoms. The highest BCUT2D eigenvalue weighted by atomic mass is 16.6. The number of ether oxygens (including phenoxy) is 1. The number of rotatable bonds is 4. The van der Waals surface area contributed by atoms with E-state index in [0.29, 0.717) is 0 Å². The summed E-state index contributed by atoms with van der Waals surface area (Å²) in [5.41, 5.74) is 0.319. The quantitative estimate of drug-likeness (QED) is 0.337. The third-order valence-electron chi connectivity index (χ3n) is 5.25. The largest absolute Gasteiger partial charge is 0.459 e. The number of esters is 1. The average Bonchev–Trinajstić information content (AvgIpc) is 2.98. The van der Waals surface area contributed by atoms with Gasteiger partial charge in [-0.3, -0.25) is 19.7 Å². The number of non-ortho nitro benzene ring substituents is 1. The van der Waals surface area contributed by atoms with E-state index in [9.17, 15) is 24.5 Å². The van der Waals surface area contributed by atoms with Gasteiger partial charge in [0.2, 0.25) is 0 Å². The van der Waals surface area contributed by atoms with E-state index < -0.39 is 22.7 Å². The van der Waals surface area contributed by atoms with E-state index in [2.05, 4.69) is 0 Å². The molecule has 148 valence electrons. The lowest BCUT2D eigenvalue weighted by Crippen LogP contribution is -2.29. The first kappa shape index (κ1) is 18.8. The van der Waals surface area contributed by atoms with Gasteiger partial charge in [0.05, 0.1) is 27.3 Å². The molecule has 2 aliphatic rings. The van der Waals surface area contributed by atoms with Gasteiger partial charge in [-0.2, -0.15) is 0 Å². The molecule has 1 saturated carbocycles. The van der Waals surface area contributed by atoms with Gasteiger partial charge in [0.1, 0.15) is 6.10 Å². The number of imide groups is 1. The Balaban J connectivity index is 1.60. The fraction of sp³-hybridized carbons (Fsp3) is 0.286. The predicted molar refractivity (Wildman–Crippen MR) is 103 cm³/mol. The van der Waals surface area contributed by atoms with Gasteiger partial charge >= 0.3 is 5.97 Å². The minimum absolute atomic E-state index is 0.0830. The summed E-state index contributed by atoms with van der Waals surface area (Å²) in [7, 11) is 0. The van der Waals surface area contributed by atoms with Gasteiger partial charge in [0.25, 0.3) is 17.5 Å². The molecule has 8 nitrogen and oxygen atoms in total. The summed E-state index contributed by atoms with van der Waals surface area (Å²) in [6.45, 7) is 0. The van der Waals surface area contributed by atoms with Crippen molar-refractivity contribution in [2.24, 2.45) is 0 Å². The molecule has 0 aromatic heterocycles. The van der Waals surface area contributed by atoms with Crippen molar-refractivity contribution in [2.45, 2.75) is 38.2 Å². The SMILES string of the molecule is O=C(OC1CCCCC1)c1ccc2c(c1)C(=O)N(c1cccc([N+](=O)[O-])c1)C2=O. The monoisotopic (exact) mass is 394 g/mol. The third-order valence-corrected chi connectivity index (χ3v) is 5.25. The fourth-order valence-electron chi connectivity index (χ4n) is 3.75. The highest BCUT2D eigenvalue weighted by molar-refractivity contribution is 6.34. The van der Waals surface area contributed by atoms with Crippen LogP contribution in [0.15, 0.2) is 42.5 Å². The first-order valence-corrected chi connectivity index (χ1v) is 9.44. The molecule has 2 aromatic carbocycles. The number of amides is 2. The third kappa shape index (κ3) is 3.49. The molecular formula is C21H18N2O6. The molecule has 0 bridgehead atoms. The van der Waals surface area contributed by atoms with Gasteiger partial charge in [0.15, 0.2) is 0 Å². The maximum Gasteiger partial charge on any atom is 0.338 e. The van der Waals surface area contributed by atoms with Crippen LogP contribution in [0.25, 0.3) is 0 Å². The smallest absolute Gasteiger partial charge is 0.338 e. The number of anilines is 1. The Hall–Kier alpha value is -3.55. The molecule has 0 unspecified atom stereocenters. The van der Waals surface area contributed by atoms with Gasteiger partial charge in [-0.05, 0) is 49.9 Å². The molecule has 2 amide bonds. The predicted octanol–water partition coefficient (Wildman–Crippen LogP) is 3.88. The van der Waals surface area contributed by atoms with Crippen molar-refractivity contribution in [3.63, 3.8) is 0 Å². The first-order valence-electron chi connectivity index (χ1n) is 9.44. The number of fused-ring (bicyclic) bond motifs is 1. The Labute approximate surface area is 166 Å². The summed E-state index contributed by atoms with van der Waals surface area (Å²) < 4.78 is 5.53. The van der Waals surface area contributed by atoms with Crippen LogP contribution >= 0.6 is 0 Å². The van der Waals surface area contributed by atoms with Gasteiger partial charge < -0.3 is 4.74 Å². The van der Waals surface area contributed by atoms with E-state index in [-0.39, 0.29) is 34.2 Å². The summed E-state index contributed by atoms with van der Waals surface area (Å²) >= 11 is 0. The normalized spacial score (nSPS) is 16.6. The zero-order chi connectivity index (χ0) is 20.5. The second kappa shape index (κ2) is 7.46. The summed E-state index contributed by atoms with van der Waals surface area (Å²) in [4.78, 5) is 49.3. The van der Waals surface area contributed by atoms with Crippen molar-refractivity contribution in [2.75, 3.05) is 4.90 Å². The van der Waals surface area contributed by atoms with Gasteiger partial charge in [-0.15, -0.1) is 0 Å². The Morgan fingerprint density at radius 1 is 1.00 bits per heavy atom. The summed E-state index contributed by atoms with van der Waals surface area (Å²) in [5.74, 6) is -1.73. The highest BCUT2D eigenvalue weighted by Crippen LogP contribution is 2.31. The van der Waals surface area contributed by atoms with Crippen LogP contribution in [0.2, 0.25) is 0 Å². The average molecular weight is 394 g/mol. The van der Waals surface area contributed by atoms with Crippen molar-refractivity contribution in [1.29, 1.82) is 0 Å². The number of benzene rings is 2. The van der Waals surface area contributed by atoms with Crippen LogP contribution < -0.4 is 4.90 Å².